The summed E-state index contributed by atoms with van der Waals surface area (Å²) in [6, 6.07) is 5.04. The number of aliphatic hydroxyl groups is 2. The summed E-state index contributed by atoms with van der Waals surface area (Å²) in [7, 11) is 0. The molecule has 0 unspecified atom stereocenters. The molecule has 1 heterocycles. The molecule has 3 atom stereocenters. The Balaban J connectivity index is 1.92. The van der Waals surface area contributed by atoms with Crippen LogP contribution in [0.4, 0.5) is 8.78 Å². The second-order valence-electron chi connectivity index (χ2n) is 11.0. The van der Waals surface area contributed by atoms with Crippen LogP contribution in [0, 0.1) is 11.3 Å². The first-order valence-electron chi connectivity index (χ1n) is 12.3. The Bertz CT molecular complexity index is 1090. The zero-order valence-electron chi connectivity index (χ0n) is 21.4. The van der Waals surface area contributed by atoms with E-state index in [1.54, 1.807) is 19.1 Å². The summed E-state index contributed by atoms with van der Waals surface area (Å²) in [5, 5.41) is 28.1. The first-order valence-corrected chi connectivity index (χ1v) is 12.6. The lowest BCUT2D eigenvalue weighted by Crippen LogP contribution is -2.54. The average Bonchev–Trinajstić information content (AvgIpc) is 3.10. The molecular weight excluding hydrogens is 492 g/mol. The smallest absolute Gasteiger partial charge is 0.387 e. The number of alkyl halides is 2. The van der Waals surface area contributed by atoms with Gasteiger partial charge in [0.2, 0.25) is 0 Å². The number of amides is 1. The van der Waals surface area contributed by atoms with Crippen LogP contribution in [0.1, 0.15) is 69.9 Å². The summed E-state index contributed by atoms with van der Waals surface area (Å²) in [6.07, 6.45) is 1.22. The molecule has 2 aromatic rings. The van der Waals surface area contributed by atoms with E-state index < -0.39 is 24.2 Å². The number of nitrogens with one attached hydrogen (secondary N) is 1. The Morgan fingerprint density at radius 3 is 2.67 bits per heavy atom. The monoisotopic (exact) mass is 527 g/mol. The maximum absolute atomic E-state index is 13.3. The van der Waals surface area contributed by atoms with Gasteiger partial charge in [0, 0.05) is 18.7 Å². The van der Waals surface area contributed by atoms with Crippen LogP contribution >= 0.6 is 11.6 Å². The lowest BCUT2D eigenvalue weighted by atomic mass is 9.77. The summed E-state index contributed by atoms with van der Waals surface area (Å²) < 4.78 is 32.9. The van der Waals surface area contributed by atoms with E-state index in [0.29, 0.717) is 31.4 Å². The number of aliphatic hydroxyl groups excluding tert-OH is 1. The second-order valence-corrected chi connectivity index (χ2v) is 11.3. The molecule has 1 saturated carbocycles. The number of benzene rings is 1. The zero-order chi connectivity index (χ0) is 26.8. The van der Waals surface area contributed by atoms with E-state index in [1.165, 1.54) is 4.68 Å². The number of carbonyl (C=O) groups excluding carboxylic acids is 1. The van der Waals surface area contributed by atoms with Crippen molar-refractivity contribution in [3.05, 3.63) is 34.5 Å². The summed E-state index contributed by atoms with van der Waals surface area (Å²) in [6.45, 7) is 7.05. The van der Waals surface area contributed by atoms with Gasteiger partial charge >= 0.3 is 6.61 Å². The van der Waals surface area contributed by atoms with E-state index in [-0.39, 0.29) is 40.0 Å². The Hall–Kier alpha value is -2.23. The van der Waals surface area contributed by atoms with Crippen molar-refractivity contribution in [2.75, 3.05) is 6.54 Å². The number of hydrogen-bond donors (Lipinski definition) is 3. The molecule has 1 aliphatic carbocycles. The fraction of sp³-hybridized carbons (Fsp3) is 0.615. The molecule has 1 aromatic heterocycles. The third-order valence-corrected chi connectivity index (χ3v) is 6.89. The molecule has 0 radical (unpaired) electrons. The van der Waals surface area contributed by atoms with Gasteiger partial charge in [0.25, 0.3) is 5.91 Å². The molecular formula is C26H36ClF2N3O4. The molecule has 1 fully saturated rings. The van der Waals surface area contributed by atoms with Crippen LogP contribution in [-0.2, 0) is 13.0 Å². The minimum absolute atomic E-state index is 0.0122. The van der Waals surface area contributed by atoms with Crippen LogP contribution < -0.4 is 10.1 Å². The minimum atomic E-state index is -3.04. The van der Waals surface area contributed by atoms with Crippen LogP contribution in [0.25, 0.3) is 11.3 Å². The van der Waals surface area contributed by atoms with Crippen molar-refractivity contribution in [1.82, 2.24) is 15.1 Å². The van der Waals surface area contributed by atoms with E-state index >= 15 is 0 Å². The second kappa shape index (κ2) is 11.0. The molecule has 1 aromatic carbocycles. The molecule has 0 bridgehead atoms. The van der Waals surface area contributed by atoms with E-state index in [4.69, 9.17) is 16.3 Å². The van der Waals surface area contributed by atoms with Crippen LogP contribution in [0.3, 0.4) is 0 Å². The molecule has 1 aliphatic rings. The van der Waals surface area contributed by atoms with Crippen LogP contribution in [0.15, 0.2) is 18.2 Å². The highest BCUT2D eigenvalue weighted by atomic mass is 35.5. The van der Waals surface area contributed by atoms with Gasteiger partial charge in [-0.15, -0.1) is 0 Å². The van der Waals surface area contributed by atoms with E-state index in [1.807, 2.05) is 33.8 Å². The van der Waals surface area contributed by atoms with Gasteiger partial charge in [-0.1, -0.05) is 45.4 Å². The summed E-state index contributed by atoms with van der Waals surface area (Å²) in [4.78, 5) is 13.0. The van der Waals surface area contributed by atoms with Crippen molar-refractivity contribution in [2.24, 2.45) is 11.3 Å². The van der Waals surface area contributed by atoms with Crippen LogP contribution in [0.2, 0.25) is 5.02 Å². The van der Waals surface area contributed by atoms with Gasteiger partial charge in [-0.2, -0.15) is 13.9 Å². The number of rotatable bonds is 8. The maximum atomic E-state index is 13.3. The third kappa shape index (κ3) is 6.55. The molecule has 200 valence electrons. The Morgan fingerprint density at radius 2 is 2.08 bits per heavy atom. The Kier molecular flexibility index (Phi) is 8.68. The molecule has 3 N–H and O–H groups in total. The topological polar surface area (TPSA) is 96.6 Å². The molecule has 7 nitrogen and oxygen atoms in total. The number of nitrogens with zero attached hydrogens (tertiary/aromatic N) is 2. The van der Waals surface area contributed by atoms with Crippen LogP contribution in [-0.4, -0.2) is 50.8 Å². The fourth-order valence-corrected chi connectivity index (χ4v) is 4.98. The van der Waals surface area contributed by atoms with Gasteiger partial charge in [-0.05, 0) is 61.6 Å². The predicted molar refractivity (Wildman–Crippen MR) is 134 cm³/mol. The molecule has 0 spiro atoms. The van der Waals surface area contributed by atoms with Crippen molar-refractivity contribution < 1.29 is 28.5 Å². The zero-order valence-corrected chi connectivity index (χ0v) is 22.2. The lowest BCUT2D eigenvalue weighted by molar-refractivity contribution is -0.106. The van der Waals surface area contributed by atoms with Crippen LogP contribution in [0.5, 0.6) is 5.75 Å². The van der Waals surface area contributed by atoms with Crippen molar-refractivity contribution in [3.63, 3.8) is 0 Å². The number of ether oxygens (including phenoxy) is 1. The van der Waals surface area contributed by atoms with Gasteiger partial charge in [-0.25, -0.2) is 0 Å². The first kappa shape index (κ1) is 28.3. The van der Waals surface area contributed by atoms with Crippen molar-refractivity contribution in [3.8, 4) is 17.0 Å². The van der Waals surface area contributed by atoms with E-state index in [9.17, 15) is 23.8 Å². The van der Waals surface area contributed by atoms with Gasteiger partial charge in [-0.3, -0.25) is 9.48 Å². The standard InChI is InChI=1S/C26H36ClF2N3O4/c1-6-32-22(17-8-7-16(13-25(3,4)5)12-18(17)36-24(28)29)20(27)21(31-32)23(34)30-14-26(35)10-9-15(2)11-19(26)33/h7-8,12,15,19,24,33,35H,6,9-11,13-14H2,1-5H3,(H,30,34)/t15-,19+,26+/m0/s1. The average molecular weight is 528 g/mol. The lowest BCUT2D eigenvalue weighted by Gasteiger charge is -2.39. The highest BCUT2D eigenvalue weighted by Gasteiger charge is 2.40. The normalized spacial score (nSPS) is 22.6. The molecule has 10 heteroatoms. The minimum Gasteiger partial charge on any atom is -0.434 e. The summed E-state index contributed by atoms with van der Waals surface area (Å²) in [5.41, 5.74) is -0.198. The SMILES string of the molecule is CCn1nc(C(=O)NC[C@]2(O)CC[C@H](C)C[C@H]2O)c(Cl)c1-c1ccc(CC(C)(C)C)cc1OC(F)F. The van der Waals surface area contributed by atoms with Crippen molar-refractivity contribution in [1.29, 1.82) is 0 Å². The molecule has 0 saturated heterocycles. The van der Waals surface area contributed by atoms with Crippen molar-refractivity contribution >= 4 is 17.5 Å². The molecule has 36 heavy (non-hydrogen) atoms. The highest BCUT2D eigenvalue weighted by molar-refractivity contribution is 6.36. The Morgan fingerprint density at radius 1 is 1.39 bits per heavy atom. The van der Waals surface area contributed by atoms with E-state index in [2.05, 4.69) is 10.4 Å². The van der Waals surface area contributed by atoms with Gasteiger partial charge < -0.3 is 20.3 Å². The first-order chi connectivity index (χ1) is 16.7. The van der Waals surface area contributed by atoms with Gasteiger partial charge in [0.05, 0.1) is 16.8 Å². The number of halogens is 3. The maximum Gasteiger partial charge on any atom is 0.387 e. The number of aromatic nitrogens is 2. The Labute approximate surface area is 215 Å². The molecule has 1 amide bonds. The highest BCUT2D eigenvalue weighted by Crippen LogP contribution is 2.39. The quantitative estimate of drug-likeness (QED) is 0.446. The van der Waals surface area contributed by atoms with Gasteiger partial charge in [0.1, 0.15) is 11.4 Å². The molecule has 0 aliphatic heterocycles. The number of aryl methyl sites for hydroxylation is 1. The third-order valence-electron chi connectivity index (χ3n) is 6.53. The summed E-state index contributed by atoms with van der Waals surface area (Å²) in [5.74, 6) is -0.398. The van der Waals surface area contributed by atoms with E-state index in [0.717, 1.165) is 12.0 Å². The summed E-state index contributed by atoms with van der Waals surface area (Å²) >= 11 is 6.60. The number of hydrogen-bond acceptors (Lipinski definition) is 5. The van der Waals surface area contributed by atoms with Gasteiger partial charge in [0.15, 0.2) is 5.69 Å². The number of carbonyl (C=O) groups is 1. The van der Waals surface area contributed by atoms with Crippen molar-refractivity contribution in [2.45, 2.75) is 85.2 Å². The predicted octanol–water partition coefficient (Wildman–Crippen LogP) is 5.06. The molecule has 3 rings (SSSR count). The fourth-order valence-electron chi connectivity index (χ4n) is 4.65. The largest absolute Gasteiger partial charge is 0.434 e.